The Balaban J connectivity index is 2.81. The van der Waals surface area contributed by atoms with Crippen molar-refractivity contribution in [2.24, 2.45) is 7.05 Å². The number of rotatable bonds is 3. The van der Waals surface area contributed by atoms with Gasteiger partial charge in [0, 0.05) is 26.0 Å². The molecule has 1 amide bonds. The summed E-state index contributed by atoms with van der Waals surface area (Å²) in [5.41, 5.74) is 0.574. The number of halogens is 1. The number of amides is 1. The van der Waals surface area contributed by atoms with Crippen LogP contribution in [0, 0.1) is 0 Å². The van der Waals surface area contributed by atoms with Crippen LogP contribution in [0.2, 0.25) is 0 Å². The molecule has 0 fully saturated rings. The van der Waals surface area contributed by atoms with Gasteiger partial charge in [-0.1, -0.05) is 0 Å². The highest BCUT2D eigenvalue weighted by Gasteiger charge is 2.18. The molecule has 1 aromatic heterocycles. The topological polar surface area (TPSA) is 38.1 Å². The minimum absolute atomic E-state index is 0.0269. The average Bonchev–Trinajstić information content (AvgIpc) is 2.61. The maximum absolute atomic E-state index is 11.8. The molecule has 0 saturated heterocycles. The smallest absolute Gasteiger partial charge is 0.272 e. The number of hydrogen-bond acceptors (Lipinski definition) is 2. The second-order valence-electron chi connectivity index (χ2n) is 3.31. The molecule has 0 saturated carbocycles. The Kier molecular flexibility index (Phi) is 3.52. The lowest BCUT2D eigenvalue weighted by Gasteiger charge is -2.22. The molecule has 0 aliphatic carbocycles. The second-order valence-corrected chi connectivity index (χ2v) is 3.62. The fourth-order valence-electron chi connectivity index (χ4n) is 1.05. The normalized spacial score (nSPS) is 12.6. The quantitative estimate of drug-likeness (QED) is 0.709. The Morgan fingerprint density at radius 3 is 2.86 bits per heavy atom. The summed E-state index contributed by atoms with van der Waals surface area (Å²) in [6.45, 7) is 1.90. The predicted molar refractivity (Wildman–Crippen MR) is 55.5 cm³/mol. The third kappa shape index (κ3) is 2.07. The number of imidazole rings is 1. The molecule has 1 heterocycles. The molecule has 0 aromatic carbocycles. The molecule has 0 aliphatic heterocycles. The van der Waals surface area contributed by atoms with Crippen LogP contribution in [0.15, 0.2) is 12.5 Å². The maximum Gasteiger partial charge on any atom is 0.272 e. The molecule has 1 atom stereocenters. The van der Waals surface area contributed by atoms with Crippen LogP contribution in [0.1, 0.15) is 17.4 Å². The standard InChI is InChI=1S/C9H14ClN3O/c1-7(4-10)13(3)9(14)8-5-11-6-12(8)2/h5-7H,4H2,1-3H3. The molecule has 0 bridgehead atoms. The molecule has 14 heavy (non-hydrogen) atoms. The number of nitrogens with zero attached hydrogens (tertiary/aromatic N) is 3. The Hall–Kier alpha value is -1.03. The van der Waals surface area contributed by atoms with Crippen LogP contribution in [-0.4, -0.2) is 39.3 Å². The zero-order valence-corrected chi connectivity index (χ0v) is 9.32. The number of alkyl halides is 1. The molecule has 5 heteroatoms. The summed E-state index contributed by atoms with van der Waals surface area (Å²) < 4.78 is 1.69. The Bertz CT molecular complexity index is 324. The van der Waals surface area contributed by atoms with E-state index in [4.69, 9.17) is 11.6 Å². The second kappa shape index (κ2) is 4.46. The van der Waals surface area contributed by atoms with Crippen LogP contribution >= 0.6 is 11.6 Å². The van der Waals surface area contributed by atoms with Crippen molar-refractivity contribution in [1.82, 2.24) is 14.5 Å². The Morgan fingerprint density at radius 1 is 1.79 bits per heavy atom. The number of aromatic nitrogens is 2. The van der Waals surface area contributed by atoms with Gasteiger partial charge in [-0.3, -0.25) is 4.79 Å². The van der Waals surface area contributed by atoms with Crippen LogP contribution in [0.25, 0.3) is 0 Å². The van der Waals surface area contributed by atoms with Crippen molar-refractivity contribution in [3.8, 4) is 0 Å². The van der Waals surface area contributed by atoms with Crippen molar-refractivity contribution in [2.45, 2.75) is 13.0 Å². The molecular formula is C9H14ClN3O. The highest BCUT2D eigenvalue weighted by Crippen LogP contribution is 2.06. The van der Waals surface area contributed by atoms with E-state index in [1.807, 2.05) is 6.92 Å². The summed E-state index contributed by atoms with van der Waals surface area (Å²) in [4.78, 5) is 17.3. The predicted octanol–water partition coefficient (Wildman–Crippen LogP) is 1.12. The first-order valence-electron chi connectivity index (χ1n) is 4.37. The lowest BCUT2D eigenvalue weighted by atomic mass is 10.3. The molecule has 0 N–H and O–H groups in total. The third-order valence-electron chi connectivity index (χ3n) is 2.24. The van der Waals surface area contributed by atoms with Crippen molar-refractivity contribution in [1.29, 1.82) is 0 Å². The molecule has 0 radical (unpaired) electrons. The van der Waals surface area contributed by atoms with E-state index in [0.29, 0.717) is 11.6 Å². The van der Waals surface area contributed by atoms with E-state index < -0.39 is 0 Å². The molecule has 4 nitrogen and oxygen atoms in total. The summed E-state index contributed by atoms with van der Waals surface area (Å²) in [5, 5.41) is 0. The molecule has 0 aliphatic rings. The van der Waals surface area contributed by atoms with E-state index in [1.165, 1.54) is 0 Å². The molecule has 1 unspecified atom stereocenters. The summed E-state index contributed by atoms with van der Waals surface area (Å²) >= 11 is 5.68. The number of carbonyl (C=O) groups is 1. The molecule has 0 spiro atoms. The van der Waals surface area contributed by atoms with Crippen molar-refractivity contribution in [2.75, 3.05) is 12.9 Å². The van der Waals surface area contributed by atoms with Crippen LogP contribution in [0.5, 0.6) is 0 Å². The highest BCUT2D eigenvalue weighted by molar-refractivity contribution is 6.18. The zero-order valence-electron chi connectivity index (χ0n) is 8.57. The van der Waals surface area contributed by atoms with E-state index >= 15 is 0 Å². The third-order valence-corrected chi connectivity index (χ3v) is 2.69. The van der Waals surface area contributed by atoms with Gasteiger partial charge in [0.15, 0.2) is 0 Å². The fraction of sp³-hybridized carbons (Fsp3) is 0.556. The highest BCUT2D eigenvalue weighted by atomic mass is 35.5. The largest absolute Gasteiger partial charge is 0.336 e. The molecule has 78 valence electrons. The Labute approximate surface area is 88.5 Å². The van der Waals surface area contributed by atoms with Gasteiger partial charge in [0.1, 0.15) is 5.69 Å². The van der Waals surface area contributed by atoms with Gasteiger partial charge < -0.3 is 9.47 Å². The first kappa shape index (κ1) is 11.0. The van der Waals surface area contributed by atoms with Crippen LogP contribution < -0.4 is 0 Å². The van der Waals surface area contributed by atoms with Gasteiger partial charge in [-0.15, -0.1) is 11.6 Å². The number of aryl methyl sites for hydroxylation is 1. The monoisotopic (exact) mass is 215 g/mol. The van der Waals surface area contributed by atoms with Gasteiger partial charge in [-0.05, 0) is 6.92 Å². The van der Waals surface area contributed by atoms with Crippen molar-refractivity contribution >= 4 is 17.5 Å². The lowest BCUT2D eigenvalue weighted by molar-refractivity contribution is 0.0747. The number of carbonyl (C=O) groups excluding carboxylic acids is 1. The van der Waals surface area contributed by atoms with Crippen LogP contribution in [-0.2, 0) is 7.05 Å². The van der Waals surface area contributed by atoms with E-state index in [9.17, 15) is 4.79 Å². The average molecular weight is 216 g/mol. The number of hydrogen-bond donors (Lipinski definition) is 0. The molecule has 1 aromatic rings. The van der Waals surface area contributed by atoms with Gasteiger partial charge in [0.05, 0.1) is 12.5 Å². The first-order chi connectivity index (χ1) is 6.57. The first-order valence-corrected chi connectivity index (χ1v) is 4.90. The summed E-state index contributed by atoms with van der Waals surface area (Å²) in [5.74, 6) is 0.373. The minimum Gasteiger partial charge on any atom is -0.336 e. The van der Waals surface area contributed by atoms with E-state index in [0.717, 1.165) is 0 Å². The summed E-state index contributed by atoms with van der Waals surface area (Å²) in [7, 11) is 3.53. The van der Waals surface area contributed by atoms with Gasteiger partial charge in [-0.25, -0.2) is 4.98 Å². The van der Waals surface area contributed by atoms with Crippen LogP contribution in [0.4, 0.5) is 0 Å². The summed E-state index contributed by atoms with van der Waals surface area (Å²) in [6.07, 6.45) is 3.16. The minimum atomic E-state index is -0.0573. The van der Waals surface area contributed by atoms with Gasteiger partial charge in [0.25, 0.3) is 5.91 Å². The Morgan fingerprint density at radius 2 is 2.43 bits per heavy atom. The van der Waals surface area contributed by atoms with E-state index in [2.05, 4.69) is 4.98 Å². The van der Waals surface area contributed by atoms with Gasteiger partial charge in [-0.2, -0.15) is 0 Å². The fourth-order valence-corrected chi connectivity index (χ4v) is 1.25. The van der Waals surface area contributed by atoms with Gasteiger partial charge >= 0.3 is 0 Å². The zero-order chi connectivity index (χ0) is 10.7. The van der Waals surface area contributed by atoms with Crippen molar-refractivity contribution in [3.63, 3.8) is 0 Å². The summed E-state index contributed by atoms with van der Waals surface area (Å²) in [6, 6.07) is 0.0269. The van der Waals surface area contributed by atoms with Crippen molar-refractivity contribution in [3.05, 3.63) is 18.2 Å². The lowest BCUT2D eigenvalue weighted by Crippen LogP contribution is -2.37. The van der Waals surface area contributed by atoms with Gasteiger partial charge in [0.2, 0.25) is 0 Å². The molecule has 1 rings (SSSR count). The SMILES string of the molecule is CC(CCl)N(C)C(=O)c1cncn1C. The van der Waals surface area contributed by atoms with E-state index in [-0.39, 0.29) is 11.9 Å². The molecular weight excluding hydrogens is 202 g/mol. The maximum atomic E-state index is 11.8. The van der Waals surface area contributed by atoms with Crippen molar-refractivity contribution < 1.29 is 4.79 Å². The van der Waals surface area contributed by atoms with E-state index in [1.54, 1.807) is 36.1 Å². The van der Waals surface area contributed by atoms with Crippen LogP contribution in [0.3, 0.4) is 0 Å².